The van der Waals surface area contributed by atoms with Crippen molar-refractivity contribution in [1.29, 1.82) is 0 Å². The molecule has 26 heavy (non-hydrogen) atoms. The fourth-order valence-electron chi connectivity index (χ4n) is 2.15. The molecule has 0 fully saturated rings. The molecule has 0 aliphatic carbocycles. The smallest absolute Gasteiger partial charge is 0.354 e. The van der Waals surface area contributed by atoms with Crippen molar-refractivity contribution in [3.05, 3.63) is 66.1 Å². The van der Waals surface area contributed by atoms with Gasteiger partial charge in [0.05, 0.1) is 0 Å². The quantitative estimate of drug-likeness (QED) is 0.408. The summed E-state index contributed by atoms with van der Waals surface area (Å²) in [6.07, 6.45) is 0. The number of rotatable bonds is 4. The van der Waals surface area contributed by atoms with Gasteiger partial charge in [-0.25, -0.2) is 18.6 Å². The van der Waals surface area contributed by atoms with Gasteiger partial charge in [-0.1, -0.05) is 29.8 Å². The van der Waals surface area contributed by atoms with Crippen LogP contribution in [0, 0.1) is 18.0 Å². The Kier molecular flexibility index (Phi) is 6.10. The second kappa shape index (κ2) is 8.10. The van der Waals surface area contributed by atoms with Gasteiger partial charge in [-0.2, -0.15) is 0 Å². The first-order valence-corrected chi connectivity index (χ1v) is 7.11. The summed E-state index contributed by atoms with van der Waals surface area (Å²) in [6, 6.07) is 12.8. The van der Waals surface area contributed by atoms with E-state index in [-0.39, 0.29) is 38.0 Å². The first-order chi connectivity index (χ1) is 12.0. The van der Waals surface area contributed by atoms with Gasteiger partial charge in [0.25, 0.3) is 0 Å². The maximum Gasteiger partial charge on any atom is 0.354 e. The minimum Gasteiger partial charge on any atom is -0.477 e. The van der Waals surface area contributed by atoms with E-state index < -0.39 is 17.9 Å². The van der Waals surface area contributed by atoms with Crippen LogP contribution in [0.25, 0.3) is 11.3 Å². The number of nitrogens with zero attached hydrogens (tertiary/aromatic N) is 4. The standard InChI is InChI=1S/C17H11F2N4O2.Pt/c1-23(15-7-3-5-12(21-15)17(24)25)14-6-2-4-11(20-14)10-8-9-13(18)22-16(10)19;/h2-7,9H,1H3,(H,24,25);/q-1;. The fraction of sp³-hybridized carbons (Fsp3) is 0.0588. The zero-order valence-corrected chi connectivity index (χ0v) is 15.5. The third-order valence-electron chi connectivity index (χ3n) is 3.38. The topological polar surface area (TPSA) is 79.2 Å². The van der Waals surface area contributed by atoms with Crippen molar-refractivity contribution in [2.24, 2.45) is 0 Å². The zero-order valence-electron chi connectivity index (χ0n) is 13.3. The van der Waals surface area contributed by atoms with Crippen molar-refractivity contribution in [2.45, 2.75) is 0 Å². The number of pyridine rings is 3. The largest absolute Gasteiger partial charge is 0.477 e. The molecule has 3 aromatic rings. The summed E-state index contributed by atoms with van der Waals surface area (Å²) in [7, 11) is 1.64. The molecule has 6 nitrogen and oxygen atoms in total. The number of aromatic nitrogens is 3. The summed E-state index contributed by atoms with van der Waals surface area (Å²) in [5.41, 5.74) is 0.0373. The summed E-state index contributed by atoms with van der Waals surface area (Å²) in [4.78, 5) is 24.0. The number of aromatic carboxylic acids is 1. The first-order valence-electron chi connectivity index (χ1n) is 7.11. The SMILES string of the molecule is CN(c1cccc(C(=O)O)n1)c1cccc(-c2[c-]cc(F)nc2F)n1.[Pt]. The van der Waals surface area contributed by atoms with Gasteiger partial charge in [-0.15, -0.1) is 6.07 Å². The van der Waals surface area contributed by atoms with E-state index in [1.807, 2.05) is 0 Å². The van der Waals surface area contributed by atoms with Crippen molar-refractivity contribution in [3.8, 4) is 11.3 Å². The van der Waals surface area contributed by atoms with E-state index in [4.69, 9.17) is 5.11 Å². The Morgan fingerprint density at radius 3 is 2.38 bits per heavy atom. The molecule has 0 atom stereocenters. The fourth-order valence-corrected chi connectivity index (χ4v) is 2.15. The predicted molar refractivity (Wildman–Crippen MR) is 85.5 cm³/mol. The Bertz CT molecular complexity index is 956. The Balaban J connectivity index is 0.00000243. The van der Waals surface area contributed by atoms with Crippen LogP contribution >= 0.6 is 0 Å². The third-order valence-corrected chi connectivity index (χ3v) is 3.38. The molecule has 0 amide bonds. The Hall–Kier alpha value is -2.73. The summed E-state index contributed by atoms with van der Waals surface area (Å²) < 4.78 is 26.7. The number of carboxylic acid groups (broad SMARTS) is 1. The molecule has 0 spiro atoms. The van der Waals surface area contributed by atoms with Gasteiger partial charge >= 0.3 is 5.97 Å². The van der Waals surface area contributed by atoms with Crippen molar-refractivity contribution >= 4 is 17.6 Å². The van der Waals surface area contributed by atoms with E-state index in [1.54, 1.807) is 36.2 Å². The molecular weight excluding hydrogens is 525 g/mol. The maximum absolute atomic E-state index is 13.8. The molecule has 0 saturated carbocycles. The van der Waals surface area contributed by atoms with Crippen LogP contribution in [0.1, 0.15) is 10.5 Å². The first kappa shape index (κ1) is 19.6. The molecule has 3 aromatic heterocycles. The van der Waals surface area contributed by atoms with Crippen molar-refractivity contribution in [2.75, 3.05) is 11.9 Å². The van der Waals surface area contributed by atoms with Gasteiger partial charge in [-0.3, -0.25) is 9.97 Å². The number of carbonyl (C=O) groups is 1. The average Bonchev–Trinajstić information content (AvgIpc) is 2.61. The van der Waals surface area contributed by atoms with E-state index >= 15 is 0 Å². The molecule has 136 valence electrons. The van der Waals surface area contributed by atoms with Crippen LogP contribution in [0.4, 0.5) is 20.4 Å². The Morgan fingerprint density at radius 2 is 1.73 bits per heavy atom. The third kappa shape index (κ3) is 4.08. The summed E-state index contributed by atoms with van der Waals surface area (Å²) in [5.74, 6) is -2.38. The molecule has 0 saturated heterocycles. The molecule has 1 N–H and O–H groups in total. The second-order valence-electron chi connectivity index (χ2n) is 5.02. The number of halogens is 2. The Morgan fingerprint density at radius 1 is 1.08 bits per heavy atom. The average molecular weight is 536 g/mol. The van der Waals surface area contributed by atoms with Gasteiger partial charge in [0.2, 0.25) is 0 Å². The van der Waals surface area contributed by atoms with Crippen molar-refractivity contribution in [1.82, 2.24) is 15.0 Å². The Labute approximate surface area is 161 Å². The molecule has 0 bridgehead atoms. The van der Waals surface area contributed by atoms with Gasteiger partial charge in [0, 0.05) is 28.1 Å². The van der Waals surface area contributed by atoms with Crippen molar-refractivity contribution < 1.29 is 39.7 Å². The maximum atomic E-state index is 13.8. The summed E-state index contributed by atoms with van der Waals surface area (Å²) in [6.45, 7) is 0. The molecule has 3 rings (SSSR count). The molecule has 0 aliphatic heterocycles. The minimum absolute atomic E-state index is 0. The van der Waals surface area contributed by atoms with E-state index in [9.17, 15) is 13.6 Å². The monoisotopic (exact) mass is 536 g/mol. The molecule has 0 unspecified atom stereocenters. The van der Waals surface area contributed by atoms with Gasteiger partial charge in [-0.05, 0) is 23.9 Å². The van der Waals surface area contributed by atoms with Crippen molar-refractivity contribution in [3.63, 3.8) is 0 Å². The van der Waals surface area contributed by atoms with Gasteiger partial charge < -0.3 is 10.0 Å². The second-order valence-corrected chi connectivity index (χ2v) is 5.02. The number of hydrogen-bond acceptors (Lipinski definition) is 5. The van der Waals surface area contributed by atoms with Gasteiger partial charge in [0.15, 0.2) is 5.69 Å². The minimum atomic E-state index is -1.15. The normalized spacial score (nSPS) is 10.1. The van der Waals surface area contributed by atoms with E-state index in [2.05, 4.69) is 21.0 Å². The molecule has 3 heterocycles. The van der Waals surface area contributed by atoms with E-state index in [1.165, 1.54) is 12.1 Å². The molecular formula is C17H11F2N4O2Pt-. The van der Waals surface area contributed by atoms with Crippen LogP contribution < -0.4 is 4.90 Å². The van der Waals surface area contributed by atoms with Crippen LogP contribution in [-0.4, -0.2) is 33.1 Å². The summed E-state index contributed by atoms with van der Waals surface area (Å²) in [5, 5.41) is 9.03. The van der Waals surface area contributed by atoms with E-state index in [0.29, 0.717) is 11.6 Å². The number of hydrogen-bond donors (Lipinski definition) is 1. The number of anilines is 2. The molecule has 9 heteroatoms. The van der Waals surface area contributed by atoms with E-state index in [0.717, 1.165) is 6.07 Å². The van der Waals surface area contributed by atoms with Gasteiger partial charge in [0.1, 0.15) is 23.5 Å². The zero-order chi connectivity index (χ0) is 18.0. The molecule has 0 aliphatic rings. The summed E-state index contributed by atoms with van der Waals surface area (Å²) >= 11 is 0. The molecule has 0 radical (unpaired) electrons. The number of carboxylic acids is 1. The van der Waals surface area contributed by atoms with Crippen LogP contribution in [0.2, 0.25) is 0 Å². The van der Waals surface area contributed by atoms with Crippen LogP contribution in [0.15, 0.2) is 42.5 Å². The van der Waals surface area contributed by atoms with Crippen LogP contribution in [0.5, 0.6) is 0 Å². The van der Waals surface area contributed by atoms with Crippen LogP contribution in [0.3, 0.4) is 0 Å². The molecule has 0 aromatic carbocycles. The van der Waals surface area contributed by atoms with Crippen LogP contribution in [-0.2, 0) is 21.1 Å². The predicted octanol–water partition coefficient (Wildman–Crippen LogP) is 3.08.